The van der Waals surface area contributed by atoms with Gasteiger partial charge in [-0.3, -0.25) is 14.6 Å². The van der Waals surface area contributed by atoms with Crippen LogP contribution in [0.3, 0.4) is 0 Å². The number of para-hydroxylation sites is 1. The smallest absolute Gasteiger partial charge is 0.244 e. The van der Waals surface area contributed by atoms with Crippen LogP contribution in [0.25, 0.3) is 0 Å². The summed E-state index contributed by atoms with van der Waals surface area (Å²) >= 11 is 0. The number of nitrogens with zero attached hydrogens (tertiary/aromatic N) is 3. The third-order valence-electron chi connectivity index (χ3n) is 6.97. The molecule has 140 valence electrons. The lowest BCUT2D eigenvalue weighted by molar-refractivity contribution is -0.121. The van der Waals surface area contributed by atoms with Gasteiger partial charge < -0.3 is 4.90 Å². The molecule has 0 bridgehead atoms. The fourth-order valence-electron chi connectivity index (χ4n) is 5.82. The van der Waals surface area contributed by atoms with Crippen molar-refractivity contribution in [3.63, 3.8) is 0 Å². The summed E-state index contributed by atoms with van der Waals surface area (Å²) in [6.07, 6.45) is 4.55. The molecule has 4 aliphatic rings. The Morgan fingerprint density at radius 3 is 2.50 bits per heavy atom. The van der Waals surface area contributed by atoms with Crippen LogP contribution >= 0.6 is 0 Å². The topological polar surface area (TPSA) is 26.8 Å². The van der Waals surface area contributed by atoms with E-state index in [1.807, 2.05) is 0 Å². The molecular formula is C20H25F2N3O. The van der Waals surface area contributed by atoms with Gasteiger partial charge in [-0.2, -0.15) is 0 Å². The average Bonchev–Trinajstić information content (AvgIpc) is 3.28. The van der Waals surface area contributed by atoms with Gasteiger partial charge in [0.05, 0.1) is 6.04 Å². The van der Waals surface area contributed by atoms with Crippen LogP contribution < -0.4 is 4.90 Å². The number of carbonyl (C=O) groups excluding carboxylic acids is 1. The molecule has 0 unspecified atom stereocenters. The molecule has 0 N–H and O–H groups in total. The van der Waals surface area contributed by atoms with E-state index in [4.69, 9.17) is 0 Å². The number of carbonyl (C=O) groups is 1. The highest BCUT2D eigenvalue weighted by atomic mass is 19.1. The zero-order chi connectivity index (χ0) is 17.8. The van der Waals surface area contributed by atoms with Gasteiger partial charge in [-0.05, 0) is 49.8 Å². The first-order valence-electron chi connectivity index (χ1n) is 9.87. The minimum Gasteiger partial charge on any atom is -0.306 e. The maximum Gasteiger partial charge on any atom is 0.244 e. The van der Waals surface area contributed by atoms with Crippen LogP contribution in [0.2, 0.25) is 0 Å². The van der Waals surface area contributed by atoms with Crippen molar-refractivity contribution in [1.82, 2.24) is 9.80 Å². The maximum atomic E-state index is 14.1. The van der Waals surface area contributed by atoms with Crippen molar-refractivity contribution in [3.05, 3.63) is 29.8 Å². The van der Waals surface area contributed by atoms with E-state index in [0.29, 0.717) is 30.8 Å². The van der Waals surface area contributed by atoms with Gasteiger partial charge >= 0.3 is 0 Å². The monoisotopic (exact) mass is 361 g/mol. The molecule has 4 aliphatic heterocycles. The van der Waals surface area contributed by atoms with E-state index < -0.39 is 11.6 Å². The number of amides is 1. The summed E-state index contributed by atoms with van der Waals surface area (Å²) in [4.78, 5) is 19.2. The highest BCUT2D eigenvalue weighted by Gasteiger charge is 2.50. The number of piperidine rings is 1. The Morgan fingerprint density at radius 2 is 1.69 bits per heavy atom. The van der Waals surface area contributed by atoms with E-state index in [1.165, 1.54) is 48.9 Å². The van der Waals surface area contributed by atoms with Crippen molar-refractivity contribution in [2.75, 3.05) is 37.6 Å². The van der Waals surface area contributed by atoms with Crippen LogP contribution in [-0.2, 0) is 4.79 Å². The molecular weight excluding hydrogens is 336 g/mol. The Labute approximate surface area is 152 Å². The van der Waals surface area contributed by atoms with Crippen molar-refractivity contribution in [2.24, 2.45) is 11.8 Å². The quantitative estimate of drug-likeness (QED) is 0.810. The Morgan fingerprint density at radius 1 is 0.923 bits per heavy atom. The summed E-state index contributed by atoms with van der Waals surface area (Å²) < 4.78 is 28.2. The second kappa shape index (κ2) is 6.27. The minimum absolute atomic E-state index is 0.144. The Bertz CT molecular complexity index is 707. The van der Waals surface area contributed by atoms with Gasteiger partial charge in [0.2, 0.25) is 5.91 Å². The molecule has 0 aromatic heterocycles. The number of rotatable bonds is 2. The molecule has 0 aliphatic carbocycles. The average molecular weight is 361 g/mol. The molecule has 0 saturated carbocycles. The summed E-state index contributed by atoms with van der Waals surface area (Å²) in [6.45, 7) is 4.67. The summed E-state index contributed by atoms with van der Waals surface area (Å²) in [6, 6.07) is 4.23. The number of hydrogen-bond donors (Lipinski definition) is 0. The zero-order valence-electron chi connectivity index (χ0n) is 14.9. The first kappa shape index (κ1) is 16.6. The lowest BCUT2D eigenvalue weighted by atomic mass is 9.90. The van der Waals surface area contributed by atoms with Crippen LogP contribution in [0.1, 0.15) is 25.7 Å². The van der Waals surface area contributed by atoms with Crippen molar-refractivity contribution in [2.45, 2.75) is 37.8 Å². The lowest BCUT2D eigenvalue weighted by Gasteiger charge is -2.34. The molecule has 26 heavy (non-hydrogen) atoms. The molecule has 1 aromatic rings. The highest BCUT2D eigenvalue weighted by molar-refractivity contribution is 5.99. The van der Waals surface area contributed by atoms with E-state index >= 15 is 0 Å². The van der Waals surface area contributed by atoms with E-state index in [-0.39, 0.29) is 17.6 Å². The van der Waals surface area contributed by atoms with Crippen molar-refractivity contribution < 1.29 is 13.6 Å². The fourth-order valence-corrected chi connectivity index (χ4v) is 5.82. The molecule has 6 heteroatoms. The van der Waals surface area contributed by atoms with Gasteiger partial charge in [0.1, 0.15) is 17.3 Å². The SMILES string of the molecule is O=C1[C@H](N2C[C@@H]3CN4CCCC[C@@H]4[C@H]3C2)CCN1c1c(F)cccc1F. The first-order valence-corrected chi connectivity index (χ1v) is 9.87. The van der Waals surface area contributed by atoms with Crippen LogP contribution in [0.4, 0.5) is 14.5 Å². The molecule has 1 aromatic carbocycles. The predicted octanol–water partition coefficient (Wildman–Crippen LogP) is 2.49. The fraction of sp³-hybridized carbons (Fsp3) is 0.650. The molecule has 4 heterocycles. The lowest BCUT2D eigenvalue weighted by Crippen LogP contribution is -2.44. The van der Waals surface area contributed by atoms with Gasteiger partial charge in [0.15, 0.2) is 0 Å². The number of fused-ring (bicyclic) bond motifs is 3. The number of hydrogen-bond acceptors (Lipinski definition) is 3. The van der Waals surface area contributed by atoms with Crippen molar-refractivity contribution in [1.29, 1.82) is 0 Å². The van der Waals surface area contributed by atoms with E-state index in [1.54, 1.807) is 0 Å². The van der Waals surface area contributed by atoms with Gasteiger partial charge in [-0.25, -0.2) is 8.78 Å². The molecule has 1 amide bonds. The number of benzene rings is 1. The minimum atomic E-state index is -0.657. The van der Waals surface area contributed by atoms with Crippen LogP contribution in [0.15, 0.2) is 18.2 Å². The van der Waals surface area contributed by atoms with E-state index in [0.717, 1.165) is 19.6 Å². The second-order valence-electron chi connectivity index (χ2n) is 8.30. The van der Waals surface area contributed by atoms with Crippen LogP contribution in [0.5, 0.6) is 0 Å². The molecule has 4 nitrogen and oxygen atoms in total. The molecule has 4 fully saturated rings. The molecule has 4 atom stereocenters. The third-order valence-corrected chi connectivity index (χ3v) is 6.97. The summed E-state index contributed by atoms with van der Waals surface area (Å²) in [5, 5.41) is 0. The first-order chi connectivity index (χ1) is 12.6. The van der Waals surface area contributed by atoms with E-state index in [9.17, 15) is 13.6 Å². The van der Waals surface area contributed by atoms with Gasteiger partial charge in [0, 0.05) is 32.2 Å². The van der Waals surface area contributed by atoms with Gasteiger partial charge in [-0.1, -0.05) is 12.5 Å². The third kappa shape index (κ3) is 2.49. The Balaban J connectivity index is 1.31. The molecule has 0 radical (unpaired) electrons. The normalized spacial score (nSPS) is 35.2. The molecule has 0 spiro atoms. The molecule has 5 rings (SSSR count). The van der Waals surface area contributed by atoms with Gasteiger partial charge in [0.25, 0.3) is 0 Å². The number of halogens is 2. The summed E-state index contributed by atoms with van der Waals surface area (Å²) in [5.41, 5.74) is -0.183. The van der Waals surface area contributed by atoms with Crippen LogP contribution in [0, 0.1) is 23.5 Å². The Kier molecular flexibility index (Phi) is 4.01. The molecule has 4 saturated heterocycles. The van der Waals surface area contributed by atoms with E-state index in [2.05, 4.69) is 9.80 Å². The van der Waals surface area contributed by atoms with Crippen LogP contribution in [-0.4, -0.2) is 60.5 Å². The number of anilines is 1. The largest absolute Gasteiger partial charge is 0.306 e. The highest BCUT2D eigenvalue weighted by Crippen LogP contribution is 2.42. The predicted molar refractivity (Wildman–Crippen MR) is 94.9 cm³/mol. The zero-order valence-corrected chi connectivity index (χ0v) is 14.9. The van der Waals surface area contributed by atoms with Gasteiger partial charge in [-0.15, -0.1) is 0 Å². The van der Waals surface area contributed by atoms with Crippen molar-refractivity contribution >= 4 is 11.6 Å². The summed E-state index contributed by atoms with van der Waals surface area (Å²) in [7, 11) is 0. The van der Waals surface area contributed by atoms with Crippen molar-refractivity contribution in [3.8, 4) is 0 Å². The maximum absolute atomic E-state index is 14.1. The number of likely N-dealkylation sites (tertiary alicyclic amines) is 1. The standard InChI is InChI=1S/C20H25F2N3O/c21-15-4-3-5-16(22)19(15)25-9-7-18(20(25)26)24-11-13-10-23-8-2-1-6-17(23)14(13)12-24/h3-5,13-14,17-18H,1-2,6-12H2/t13-,14-,17+,18+/m0/s1. The summed E-state index contributed by atoms with van der Waals surface area (Å²) in [5.74, 6) is -0.160. The second-order valence-corrected chi connectivity index (χ2v) is 8.30. The Hall–Kier alpha value is -1.53.